The van der Waals surface area contributed by atoms with Gasteiger partial charge in [-0.05, 0) is 44.0 Å². The van der Waals surface area contributed by atoms with Gasteiger partial charge >= 0.3 is 0 Å². The minimum atomic E-state index is 0.461. The number of benzene rings is 1. The van der Waals surface area contributed by atoms with E-state index in [4.69, 9.17) is 5.73 Å². The molecule has 0 radical (unpaired) electrons. The molecule has 1 heterocycles. The minimum Gasteiger partial charge on any atom is -0.398 e. The molecular formula is C15H21N3S. The molecule has 0 spiro atoms. The highest BCUT2D eigenvalue weighted by Crippen LogP contribution is 2.28. The summed E-state index contributed by atoms with van der Waals surface area (Å²) >= 11 is 1.75. The van der Waals surface area contributed by atoms with Gasteiger partial charge in [-0.1, -0.05) is 13.0 Å². The van der Waals surface area contributed by atoms with Crippen LogP contribution < -0.4 is 5.73 Å². The van der Waals surface area contributed by atoms with E-state index in [-0.39, 0.29) is 0 Å². The second-order valence-corrected chi connectivity index (χ2v) is 5.89. The van der Waals surface area contributed by atoms with Gasteiger partial charge in [-0.15, -0.1) is 11.8 Å². The lowest BCUT2D eigenvalue weighted by Gasteiger charge is -2.08. The van der Waals surface area contributed by atoms with E-state index in [1.165, 1.54) is 5.56 Å². The van der Waals surface area contributed by atoms with E-state index < -0.39 is 0 Å². The van der Waals surface area contributed by atoms with Gasteiger partial charge in [-0.25, -0.2) is 0 Å². The van der Waals surface area contributed by atoms with Crippen LogP contribution in [0.25, 0.3) is 0 Å². The first-order valence-corrected chi connectivity index (χ1v) is 7.61. The van der Waals surface area contributed by atoms with Crippen molar-refractivity contribution in [3.8, 4) is 0 Å². The average molecular weight is 275 g/mol. The van der Waals surface area contributed by atoms with E-state index >= 15 is 0 Å². The standard InChI is InChI=1S/C15H21N3S/c1-4-12(3)18-8-7-13(17-18)10-19-15-9-11(2)5-6-14(15)16/h5-9,12H,4,10,16H2,1-3H3. The third kappa shape index (κ3) is 3.53. The van der Waals surface area contributed by atoms with Crippen molar-refractivity contribution in [1.29, 1.82) is 0 Å². The molecule has 4 heteroatoms. The van der Waals surface area contributed by atoms with Crippen LogP contribution >= 0.6 is 11.8 Å². The van der Waals surface area contributed by atoms with Crippen LogP contribution in [0.4, 0.5) is 5.69 Å². The van der Waals surface area contributed by atoms with Crippen LogP contribution in [0.2, 0.25) is 0 Å². The lowest BCUT2D eigenvalue weighted by molar-refractivity contribution is 0.475. The van der Waals surface area contributed by atoms with Crippen molar-refractivity contribution in [1.82, 2.24) is 9.78 Å². The summed E-state index contributed by atoms with van der Waals surface area (Å²) < 4.78 is 2.04. The number of aromatic nitrogens is 2. The summed E-state index contributed by atoms with van der Waals surface area (Å²) in [5, 5.41) is 4.60. The number of thioether (sulfide) groups is 1. The molecule has 1 unspecified atom stereocenters. The predicted octanol–water partition coefficient (Wildman–Crippen LogP) is 4.04. The molecule has 2 N–H and O–H groups in total. The Balaban J connectivity index is 2.02. The Hall–Kier alpha value is -1.42. The Kier molecular flexibility index (Phi) is 4.53. The number of rotatable bonds is 5. The number of hydrogen-bond acceptors (Lipinski definition) is 3. The monoisotopic (exact) mass is 275 g/mol. The van der Waals surface area contributed by atoms with Gasteiger partial charge in [0.2, 0.25) is 0 Å². The van der Waals surface area contributed by atoms with E-state index in [9.17, 15) is 0 Å². The molecule has 1 aromatic carbocycles. The van der Waals surface area contributed by atoms with Crippen molar-refractivity contribution < 1.29 is 0 Å². The van der Waals surface area contributed by atoms with Gasteiger partial charge in [0, 0.05) is 28.6 Å². The average Bonchev–Trinajstić information content (AvgIpc) is 2.88. The molecule has 0 aliphatic rings. The zero-order chi connectivity index (χ0) is 13.8. The van der Waals surface area contributed by atoms with Gasteiger partial charge in [0.15, 0.2) is 0 Å². The van der Waals surface area contributed by atoms with Gasteiger partial charge in [0.25, 0.3) is 0 Å². The Morgan fingerprint density at radius 2 is 2.16 bits per heavy atom. The molecule has 2 rings (SSSR count). The molecule has 102 valence electrons. The topological polar surface area (TPSA) is 43.8 Å². The normalized spacial score (nSPS) is 12.6. The second kappa shape index (κ2) is 6.15. The second-order valence-electron chi connectivity index (χ2n) is 4.87. The van der Waals surface area contributed by atoms with Gasteiger partial charge in [0.05, 0.1) is 5.69 Å². The highest BCUT2D eigenvalue weighted by Gasteiger charge is 2.06. The van der Waals surface area contributed by atoms with E-state index in [1.807, 2.05) is 16.8 Å². The summed E-state index contributed by atoms with van der Waals surface area (Å²) in [7, 11) is 0. The molecule has 1 atom stereocenters. The highest BCUT2D eigenvalue weighted by atomic mass is 32.2. The number of nitrogens with two attached hydrogens (primary N) is 1. The van der Waals surface area contributed by atoms with Crippen molar-refractivity contribution in [2.75, 3.05) is 5.73 Å². The van der Waals surface area contributed by atoms with E-state index in [2.05, 4.69) is 44.2 Å². The Morgan fingerprint density at radius 1 is 1.37 bits per heavy atom. The molecule has 0 saturated carbocycles. The fourth-order valence-electron chi connectivity index (χ4n) is 1.81. The van der Waals surface area contributed by atoms with Crippen LogP contribution in [-0.2, 0) is 5.75 Å². The molecule has 2 aromatic rings. The summed E-state index contributed by atoms with van der Waals surface area (Å²) in [5.74, 6) is 0.858. The van der Waals surface area contributed by atoms with Crippen molar-refractivity contribution >= 4 is 17.4 Å². The maximum atomic E-state index is 5.98. The SMILES string of the molecule is CCC(C)n1ccc(CSc2cc(C)ccc2N)n1. The fraction of sp³-hybridized carbons (Fsp3) is 0.400. The molecule has 0 aliphatic heterocycles. The summed E-state index contributed by atoms with van der Waals surface area (Å²) in [5.41, 5.74) is 9.17. The molecule has 0 bridgehead atoms. The molecule has 0 aliphatic carbocycles. The highest BCUT2D eigenvalue weighted by molar-refractivity contribution is 7.98. The van der Waals surface area contributed by atoms with Crippen LogP contribution in [-0.4, -0.2) is 9.78 Å². The van der Waals surface area contributed by atoms with Crippen molar-refractivity contribution in [2.45, 2.75) is 43.9 Å². The van der Waals surface area contributed by atoms with Crippen LogP contribution in [0.15, 0.2) is 35.4 Å². The number of nitrogen functional groups attached to an aromatic ring is 1. The minimum absolute atomic E-state index is 0.461. The molecule has 3 nitrogen and oxygen atoms in total. The zero-order valence-corrected chi connectivity index (χ0v) is 12.6. The van der Waals surface area contributed by atoms with Gasteiger partial charge in [0.1, 0.15) is 0 Å². The van der Waals surface area contributed by atoms with Crippen molar-refractivity contribution in [3.05, 3.63) is 41.7 Å². The maximum absolute atomic E-state index is 5.98. The van der Waals surface area contributed by atoms with Crippen LogP contribution in [0.1, 0.15) is 37.6 Å². The Bertz CT molecular complexity index is 548. The molecule has 19 heavy (non-hydrogen) atoms. The third-order valence-electron chi connectivity index (χ3n) is 3.25. The molecule has 1 aromatic heterocycles. The lowest BCUT2D eigenvalue weighted by atomic mass is 10.2. The van der Waals surface area contributed by atoms with Gasteiger partial charge in [-0.2, -0.15) is 5.10 Å². The van der Waals surface area contributed by atoms with Crippen LogP contribution in [0, 0.1) is 6.92 Å². The zero-order valence-electron chi connectivity index (χ0n) is 11.8. The van der Waals surface area contributed by atoms with E-state index in [1.54, 1.807) is 11.8 Å². The van der Waals surface area contributed by atoms with E-state index in [0.29, 0.717) is 6.04 Å². The van der Waals surface area contributed by atoms with Crippen LogP contribution in [0.3, 0.4) is 0 Å². The predicted molar refractivity (Wildman–Crippen MR) is 82.4 cm³/mol. The van der Waals surface area contributed by atoms with E-state index in [0.717, 1.165) is 28.5 Å². The van der Waals surface area contributed by atoms with Gasteiger partial charge in [-0.3, -0.25) is 4.68 Å². The summed E-state index contributed by atoms with van der Waals surface area (Å²) in [4.78, 5) is 1.14. The number of aryl methyl sites for hydroxylation is 1. The quantitative estimate of drug-likeness (QED) is 0.661. The van der Waals surface area contributed by atoms with Crippen LogP contribution in [0.5, 0.6) is 0 Å². The fourth-order valence-corrected chi connectivity index (χ4v) is 2.77. The first-order chi connectivity index (χ1) is 9.10. The largest absolute Gasteiger partial charge is 0.398 e. The Morgan fingerprint density at radius 3 is 2.89 bits per heavy atom. The molecule has 0 amide bonds. The van der Waals surface area contributed by atoms with Crippen molar-refractivity contribution in [2.24, 2.45) is 0 Å². The molecule has 0 saturated heterocycles. The van der Waals surface area contributed by atoms with Gasteiger partial charge < -0.3 is 5.73 Å². The first kappa shape index (κ1) is 14.0. The molecular weight excluding hydrogens is 254 g/mol. The lowest BCUT2D eigenvalue weighted by Crippen LogP contribution is -2.04. The molecule has 0 fully saturated rings. The Labute approximate surface area is 119 Å². The van der Waals surface area contributed by atoms with Crippen molar-refractivity contribution in [3.63, 3.8) is 0 Å². The maximum Gasteiger partial charge on any atom is 0.0727 e. The summed E-state index contributed by atoms with van der Waals surface area (Å²) in [6.07, 6.45) is 3.16. The summed E-state index contributed by atoms with van der Waals surface area (Å²) in [6.45, 7) is 6.44. The number of nitrogens with zero attached hydrogens (tertiary/aromatic N) is 2. The number of anilines is 1. The summed E-state index contributed by atoms with van der Waals surface area (Å²) in [6, 6.07) is 8.69. The number of hydrogen-bond donors (Lipinski definition) is 1. The smallest absolute Gasteiger partial charge is 0.0727 e. The third-order valence-corrected chi connectivity index (χ3v) is 4.36. The first-order valence-electron chi connectivity index (χ1n) is 6.63.